The molecule has 0 heterocycles. The minimum atomic E-state index is 0.618. The first kappa shape index (κ1) is 8.64. The van der Waals surface area contributed by atoms with Gasteiger partial charge in [-0.3, -0.25) is 0 Å². The Morgan fingerprint density at radius 2 is 1.92 bits per heavy atom. The molecule has 13 heavy (non-hydrogen) atoms. The number of hydrogen-bond acceptors (Lipinski definition) is 1. The molecule has 1 aliphatic carbocycles. The Kier molecular flexibility index (Phi) is 2.88. The van der Waals surface area contributed by atoms with Crippen LogP contribution < -0.4 is 0 Å². The summed E-state index contributed by atoms with van der Waals surface area (Å²) >= 11 is 1.93. The van der Waals surface area contributed by atoms with Crippen molar-refractivity contribution >= 4 is 11.8 Å². The van der Waals surface area contributed by atoms with Gasteiger partial charge in [-0.1, -0.05) is 42.5 Å². The van der Waals surface area contributed by atoms with E-state index < -0.39 is 0 Å². The summed E-state index contributed by atoms with van der Waals surface area (Å²) in [5.41, 5.74) is 0. The Morgan fingerprint density at radius 3 is 2.62 bits per heavy atom. The Hall–Kier alpha value is -0.950. The van der Waals surface area contributed by atoms with Crippen molar-refractivity contribution in [1.82, 2.24) is 0 Å². The zero-order chi connectivity index (χ0) is 8.93. The maximum atomic E-state index is 2.26. The summed E-state index contributed by atoms with van der Waals surface area (Å²) in [6.45, 7) is 0. The highest BCUT2D eigenvalue weighted by molar-refractivity contribution is 8.00. The Bertz CT molecular complexity index is 311. The van der Waals surface area contributed by atoms with Crippen molar-refractivity contribution in [3.8, 4) is 0 Å². The van der Waals surface area contributed by atoms with Crippen LogP contribution in [0.2, 0.25) is 0 Å². The fourth-order valence-corrected chi connectivity index (χ4v) is 2.36. The highest BCUT2D eigenvalue weighted by Crippen LogP contribution is 2.27. The van der Waals surface area contributed by atoms with Crippen molar-refractivity contribution < 1.29 is 0 Å². The predicted molar refractivity (Wildman–Crippen MR) is 59.0 cm³/mol. The molecule has 0 radical (unpaired) electrons. The number of allylic oxidation sites excluding steroid dienone is 3. The van der Waals surface area contributed by atoms with Crippen LogP contribution in [0.25, 0.3) is 0 Å². The van der Waals surface area contributed by atoms with Crippen LogP contribution in [0, 0.1) is 0 Å². The van der Waals surface area contributed by atoms with Gasteiger partial charge in [0.15, 0.2) is 0 Å². The molecule has 0 spiro atoms. The molecule has 1 aromatic carbocycles. The second kappa shape index (κ2) is 4.33. The molecule has 1 heteroatoms. The van der Waals surface area contributed by atoms with Gasteiger partial charge in [0.05, 0.1) is 0 Å². The van der Waals surface area contributed by atoms with E-state index in [1.807, 2.05) is 11.8 Å². The van der Waals surface area contributed by atoms with Crippen LogP contribution in [0.1, 0.15) is 6.42 Å². The third-order valence-corrected chi connectivity index (χ3v) is 3.17. The van der Waals surface area contributed by atoms with E-state index >= 15 is 0 Å². The fraction of sp³-hybridized carbons (Fsp3) is 0.167. The van der Waals surface area contributed by atoms with Crippen molar-refractivity contribution in [2.24, 2.45) is 0 Å². The molecule has 0 N–H and O–H groups in total. The molecule has 0 aromatic heterocycles. The van der Waals surface area contributed by atoms with Crippen LogP contribution in [-0.4, -0.2) is 5.25 Å². The molecule has 2 rings (SSSR count). The second-order valence-corrected chi connectivity index (χ2v) is 4.33. The molecule has 0 fully saturated rings. The summed E-state index contributed by atoms with van der Waals surface area (Å²) in [6.07, 6.45) is 9.88. The van der Waals surface area contributed by atoms with E-state index in [0.717, 1.165) is 6.42 Å². The van der Waals surface area contributed by atoms with Gasteiger partial charge in [-0.15, -0.1) is 11.8 Å². The summed E-state index contributed by atoms with van der Waals surface area (Å²) in [6, 6.07) is 10.6. The van der Waals surface area contributed by atoms with Crippen molar-refractivity contribution in [3.05, 3.63) is 54.6 Å². The van der Waals surface area contributed by atoms with Crippen LogP contribution in [0.5, 0.6) is 0 Å². The van der Waals surface area contributed by atoms with Crippen LogP contribution in [0.15, 0.2) is 59.5 Å². The van der Waals surface area contributed by atoms with Gasteiger partial charge < -0.3 is 0 Å². The van der Waals surface area contributed by atoms with Gasteiger partial charge >= 0.3 is 0 Å². The predicted octanol–water partition coefficient (Wildman–Crippen LogP) is 3.66. The first-order valence-electron chi connectivity index (χ1n) is 4.50. The fourth-order valence-electron chi connectivity index (χ4n) is 1.32. The average molecular weight is 188 g/mol. The lowest BCUT2D eigenvalue weighted by molar-refractivity contribution is 1.05. The molecule has 1 atom stereocenters. The first-order chi connectivity index (χ1) is 6.45. The molecule has 0 bridgehead atoms. The summed E-state index contributed by atoms with van der Waals surface area (Å²) in [4.78, 5) is 1.35. The largest absolute Gasteiger partial charge is 0.118 e. The number of rotatable bonds is 2. The highest BCUT2D eigenvalue weighted by Gasteiger charge is 2.05. The lowest BCUT2D eigenvalue weighted by atomic mass is 10.2. The molecule has 0 amide bonds. The van der Waals surface area contributed by atoms with Gasteiger partial charge in [0.1, 0.15) is 0 Å². The molecular formula is C12H12S. The van der Waals surface area contributed by atoms with E-state index in [1.165, 1.54) is 4.90 Å². The minimum absolute atomic E-state index is 0.618. The lowest BCUT2D eigenvalue weighted by Gasteiger charge is -2.11. The zero-order valence-corrected chi connectivity index (χ0v) is 8.21. The molecule has 0 aliphatic heterocycles. The number of hydrogen-bond donors (Lipinski definition) is 0. The normalized spacial score (nSPS) is 20.5. The average Bonchev–Trinajstić information content (AvgIpc) is 2.21. The van der Waals surface area contributed by atoms with E-state index in [0.29, 0.717) is 5.25 Å². The third kappa shape index (κ3) is 2.49. The molecule has 0 saturated heterocycles. The van der Waals surface area contributed by atoms with E-state index in [-0.39, 0.29) is 0 Å². The molecular weight excluding hydrogens is 176 g/mol. The summed E-state index contributed by atoms with van der Waals surface area (Å²) in [7, 11) is 0. The van der Waals surface area contributed by atoms with Gasteiger partial charge in [0.2, 0.25) is 0 Å². The molecule has 66 valence electrons. The molecule has 0 saturated carbocycles. The van der Waals surface area contributed by atoms with Gasteiger partial charge in [-0.05, 0) is 18.6 Å². The van der Waals surface area contributed by atoms with Crippen molar-refractivity contribution in [3.63, 3.8) is 0 Å². The van der Waals surface area contributed by atoms with Gasteiger partial charge in [-0.2, -0.15) is 0 Å². The van der Waals surface area contributed by atoms with Crippen LogP contribution >= 0.6 is 11.8 Å². The van der Waals surface area contributed by atoms with Crippen LogP contribution in [0.3, 0.4) is 0 Å². The van der Waals surface area contributed by atoms with Gasteiger partial charge in [0, 0.05) is 10.1 Å². The van der Waals surface area contributed by atoms with E-state index in [1.54, 1.807) is 0 Å². The SMILES string of the molecule is C1=CCC(Sc2ccccc2)C=C1. The zero-order valence-electron chi connectivity index (χ0n) is 7.39. The highest BCUT2D eigenvalue weighted by atomic mass is 32.2. The Balaban J connectivity index is 1.99. The van der Waals surface area contributed by atoms with Crippen molar-refractivity contribution in [1.29, 1.82) is 0 Å². The Labute approximate surface area is 83.4 Å². The van der Waals surface area contributed by atoms with E-state index in [2.05, 4.69) is 54.6 Å². The Morgan fingerprint density at radius 1 is 1.08 bits per heavy atom. The molecule has 0 nitrogen and oxygen atoms in total. The number of thioether (sulfide) groups is 1. The molecule has 1 aliphatic rings. The van der Waals surface area contributed by atoms with Gasteiger partial charge in [0.25, 0.3) is 0 Å². The van der Waals surface area contributed by atoms with E-state index in [4.69, 9.17) is 0 Å². The monoisotopic (exact) mass is 188 g/mol. The number of benzene rings is 1. The smallest absolute Gasteiger partial charge is 0.0312 e. The summed E-state index contributed by atoms with van der Waals surface area (Å²) in [5.74, 6) is 0. The minimum Gasteiger partial charge on any atom is -0.118 e. The summed E-state index contributed by atoms with van der Waals surface area (Å²) < 4.78 is 0. The maximum absolute atomic E-state index is 2.26. The van der Waals surface area contributed by atoms with Gasteiger partial charge in [-0.25, -0.2) is 0 Å². The first-order valence-corrected chi connectivity index (χ1v) is 5.38. The summed E-state index contributed by atoms with van der Waals surface area (Å²) in [5, 5.41) is 0.618. The maximum Gasteiger partial charge on any atom is 0.0312 e. The van der Waals surface area contributed by atoms with E-state index in [9.17, 15) is 0 Å². The van der Waals surface area contributed by atoms with Crippen LogP contribution in [-0.2, 0) is 0 Å². The third-order valence-electron chi connectivity index (χ3n) is 1.97. The van der Waals surface area contributed by atoms with Crippen LogP contribution in [0.4, 0.5) is 0 Å². The topological polar surface area (TPSA) is 0 Å². The lowest BCUT2D eigenvalue weighted by Crippen LogP contribution is -1.97. The quantitative estimate of drug-likeness (QED) is 0.682. The van der Waals surface area contributed by atoms with Crippen molar-refractivity contribution in [2.75, 3.05) is 0 Å². The molecule has 1 aromatic rings. The standard InChI is InChI=1S/C12H12S/c1-3-7-11(8-4-1)13-12-9-5-2-6-10-12/h1-9,12H,10H2. The second-order valence-electron chi connectivity index (χ2n) is 3.02. The van der Waals surface area contributed by atoms with Crippen molar-refractivity contribution in [2.45, 2.75) is 16.6 Å². The molecule has 1 unspecified atom stereocenters.